The third-order valence-electron chi connectivity index (χ3n) is 4.07. The maximum absolute atomic E-state index is 12.4. The molecule has 1 aliphatic carbocycles. The van der Waals surface area contributed by atoms with Gasteiger partial charge in [-0.2, -0.15) is 0 Å². The van der Waals surface area contributed by atoms with Gasteiger partial charge in [-0.15, -0.1) is 0 Å². The Bertz CT molecular complexity index is 524. The summed E-state index contributed by atoms with van der Waals surface area (Å²) in [4.78, 5) is 23.6. The Morgan fingerprint density at radius 1 is 1.15 bits per heavy atom. The Balaban J connectivity index is 2.14. The molecule has 0 spiro atoms. The summed E-state index contributed by atoms with van der Waals surface area (Å²) in [5, 5.41) is 12.1. The van der Waals surface area contributed by atoms with Gasteiger partial charge in [-0.25, -0.2) is 0 Å². The lowest BCUT2D eigenvalue weighted by Crippen LogP contribution is -2.36. The molecular formula is C16H21NO3. The van der Waals surface area contributed by atoms with E-state index in [9.17, 15) is 14.7 Å². The van der Waals surface area contributed by atoms with Crippen molar-refractivity contribution in [2.75, 3.05) is 5.32 Å². The van der Waals surface area contributed by atoms with Crippen LogP contribution in [0, 0.1) is 25.7 Å². The van der Waals surface area contributed by atoms with Crippen LogP contribution in [0.3, 0.4) is 0 Å². The van der Waals surface area contributed by atoms with Crippen LogP contribution in [0.5, 0.6) is 0 Å². The smallest absolute Gasteiger partial charge is 0.307 e. The molecule has 2 atom stereocenters. The van der Waals surface area contributed by atoms with E-state index < -0.39 is 17.8 Å². The SMILES string of the molecule is Cc1ccc(C)c(NC(=O)[C@H]2CCCC[C@H]2C(=O)O)c1. The van der Waals surface area contributed by atoms with E-state index in [1.165, 1.54) is 0 Å². The topological polar surface area (TPSA) is 66.4 Å². The van der Waals surface area contributed by atoms with Crippen molar-refractivity contribution < 1.29 is 14.7 Å². The van der Waals surface area contributed by atoms with Crippen LogP contribution < -0.4 is 5.32 Å². The molecule has 108 valence electrons. The van der Waals surface area contributed by atoms with Gasteiger partial charge in [0.25, 0.3) is 0 Å². The number of carbonyl (C=O) groups excluding carboxylic acids is 1. The van der Waals surface area contributed by atoms with E-state index in [1.54, 1.807) is 0 Å². The Labute approximate surface area is 119 Å². The zero-order valence-electron chi connectivity index (χ0n) is 12.0. The van der Waals surface area contributed by atoms with Crippen molar-refractivity contribution >= 4 is 17.6 Å². The Morgan fingerprint density at radius 3 is 2.45 bits per heavy atom. The highest BCUT2D eigenvalue weighted by molar-refractivity contribution is 5.95. The number of carboxylic acid groups (broad SMARTS) is 1. The van der Waals surface area contributed by atoms with Gasteiger partial charge in [-0.05, 0) is 43.9 Å². The summed E-state index contributed by atoms with van der Waals surface area (Å²) in [5.41, 5.74) is 2.85. The molecule has 0 saturated heterocycles. The van der Waals surface area contributed by atoms with Crippen LogP contribution >= 0.6 is 0 Å². The second kappa shape index (κ2) is 6.07. The zero-order chi connectivity index (χ0) is 14.7. The first-order chi connectivity index (χ1) is 9.49. The first kappa shape index (κ1) is 14.6. The number of rotatable bonds is 3. The van der Waals surface area contributed by atoms with Crippen LogP contribution in [0.25, 0.3) is 0 Å². The standard InChI is InChI=1S/C16H21NO3/c1-10-7-8-11(2)14(9-10)17-15(18)12-5-3-4-6-13(12)16(19)20/h7-9,12-13H,3-6H2,1-2H3,(H,17,18)(H,19,20)/t12-,13+/m0/s1. The molecule has 0 unspecified atom stereocenters. The lowest BCUT2D eigenvalue weighted by molar-refractivity contribution is -0.147. The summed E-state index contributed by atoms with van der Waals surface area (Å²) in [6.07, 6.45) is 3.08. The van der Waals surface area contributed by atoms with Gasteiger partial charge in [0.1, 0.15) is 0 Å². The number of anilines is 1. The fourth-order valence-corrected chi connectivity index (χ4v) is 2.84. The van der Waals surface area contributed by atoms with E-state index >= 15 is 0 Å². The molecule has 1 aromatic carbocycles. The second-order valence-electron chi connectivity index (χ2n) is 5.64. The summed E-state index contributed by atoms with van der Waals surface area (Å²) < 4.78 is 0. The molecule has 1 aromatic rings. The molecule has 0 bridgehead atoms. The van der Waals surface area contributed by atoms with Gasteiger partial charge < -0.3 is 10.4 Å². The van der Waals surface area contributed by atoms with Crippen molar-refractivity contribution in [1.29, 1.82) is 0 Å². The van der Waals surface area contributed by atoms with Crippen LogP contribution in [0.4, 0.5) is 5.69 Å². The molecule has 0 aromatic heterocycles. The van der Waals surface area contributed by atoms with Crippen LogP contribution in [-0.4, -0.2) is 17.0 Å². The molecule has 1 aliphatic rings. The zero-order valence-corrected chi connectivity index (χ0v) is 12.0. The van der Waals surface area contributed by atoms with E-state index in [-0.39, 0.29) is 5.91 Å². The fourth-order valence-electron chi connectivity index (χ4n) is 2.84. The van der Waals surface area contributed by atoms with Crippen molar-refractivity contribution in [3.63, 3.8) is 0 Å². The molecule has 0 aliphatic heterocycles. The van der Waals surface area contributed by atoms with Gasteiger partial charge in [0.2, 0.25) is 5.91 Å². The predicted octanol–water partition coefficient (Wildman–Crippen LogP) is 3.13. The van der Waals surface area contributed by atoms with Gasteiger partial charge in [-0.1, -0.05) is 25.0 Å². The molecule has 2 rings (SSSR count). The van der Waals surface area contributed by atoms with E-state index in [0.29, 0.717) is 12.8 Å². The van der Waals surface area contributed by atoms with Gasteiger partial charge in [-0.3, -0.25) is 9.59 Å². The highest BCUT2D eigenvalue weighted by Gasteiger charge is 2.35. The predicted molar refractivity (Wildman–Crippen MR) is 77.6 cm³/mol. The molecule has 1 saturated carbocycles. The summed E-state index contributed by atoms with van der Waals surface area (Å²) in [5.74, 6) is -1.98. The van der Waals surface area contributed by atoms with E-state index in [1.807, 2.05) is 32.0 Å². The Morgan fingerprint density at radius 2 is 1.80 bits per heavy atom. The summed E-state index contributed by atoms with van der Waals surface area (Å²) in [6, 6.07) is 5.87. The maximum atomic E-state index is 12.4. The summed E-state index contributed by atoms with van der Waals surface area (Å²) >= 11 is 0. The molecule has 1 fully saturated rings. The Hall–Kier alpha value is -1.84. The minimum Gasteiger partial charge on any atom is -0.481 e. The van der Waals surface area contributed by atoms with Crippen LogP contribution in [0.15, 0.2) is 18.2 Å². The van der Waals surface area contributed by atoms with Gasteiger partial charge in [0, 0.05) is 5.69 Å². The lowest BCUT2D eigenvalue weighted by atomic mass is 9.78. The number of hydrogen-bond donors (Lipinski definition) is 2. The average molecular weight is 275 g/mol. The highest BCUT2D eigenvalue weighted by atomic mass is 16.4. The minimum absolute atomic E-state index is 0.161. The summed E-state index contributed by atoms with van der Waals surface area (Å²) in [7, 11) is 0. The van der Waals surface area contributed by atoms with E-state index in [4.69, 9.17) is 0 Å². The van der Waals surface area contributed by atoms with Crippen molar-refractivity contribution in [3.05, 3.63) is 29.3 Å². The molecule has 0 radical (unpaired) electrons. The number of nitrogens with one attached hydrogen (secondary N) is 1. The normalized spacial score (nSPS) is 22.3. The molecule has 20 heavy (non-hydrogen) atoms. The minimum atomic E-state index is -0.856. The molecular weight excluding hydrogens is 254 g/mol. The van der Waals surface area contributed by atoms with Gasteiger partial charge in [0.15, 0.2) is 0 Å². The highest BCUT2D eigenvalue weighted by Crippen LogP contribution is 2.31. The van der Waals surface area contributed by atoms with Gasteiger partial charge >= 0.3 is 5.97 Å². The molecule has 1 amide bonds. The van der Waals surface area contributed by atoms with Crippen LogP contribution in [-0.2, 0) is 9.59 Å². The first-order valence-electron chi connectivity index (χ1n) is 7.10. The molecule has 4 heteroatoms. The van der Waals surface area contributed by atoms with Gasteiger partial charge in [0.05, 0.1) is 11.8 Å². The van der Waals surface area contributed by atoms with Crippen molar-refractivity contribution in [1.82, 2.24) is 0 Å². The van der Waals surface area contributed by atoms with E-state index in [0.717, 1.165) is 29.7 Å². The van der Waals surface area contributed by atoms with Crippen molar-refractivity contribution in [2.24, 2.45) is 11.8 Å². The fraction of sp³-hybridized carbons (Fsp3) is 0.500. The monoisotopic (exact) mass is 275 g/mol. The van der Waals surface area contributed by atoms with Crippen molar-refractivity contribution in [3.8, 4) is 0 Å². The number of carbonyl (C=O) groups is 2. The van der Waals surface area contributed by atoms with Crippen LogP contribution in [0.2, 0.25) is 0 Å². The van der Waals surface area contributed by atoms with Crippen LogP contribution in [0.1, 0.15) is 36.8 Å². The lowest BCUT2D eigenvalue weighted by Gasteiger charge is -2.27. The number of benzene rings is 1. The third kappa shape index (κ3) is 3.18. The number of aliphatic carboxylic acids is 1. The van der Waals surface area contributed by atoms with Crippen molar-refractivity contribution in [2.45, 2.75) is 39.5 Å². The second-order valence-corrected chi connectivity index (χ2v) is 5.64. The summed E-state index contributed by atoms with van der Waals surface area (Å²) in [6.45, 7) is 3.90. The number of carboxylic acids is 1. The average Bonchev–Trinajstić information content (AvgIpc) is 2.42. The number of amides is 1. The Kier molecular flexibility index (Phi) is 4.42. The number of hydrogen-bond acceptors (Lipinski definition) is 2. The largest absolute Gasteiger partial charge is 0.481 e. The first-order valence-corrected chi connectivity index (χ1v) is 7.10. The quantitative estimate of drug-likeness (QED) is 0.890. The number of aryl methyl sites for hydroxylation is 2. The maximum Gasteiger partial charge on any atom is 0.307 e. The molecule has 0 heterocycles. The molecule has 4 nitrogen and oxygen atoms in total. The molecule has 2 N–H and O–H groups in total. The third-order valence-corrected chi connectivity index (χ3v) is 4.07. The van der Waals surface area contributed by atoms with E-state index in [2.05, 4.69) is 5.32 Å².